The molecule has 1 aromatic rings. The third-order valence-corrected chi connectivity index (χ3v) is 3.90. The first-order valence-corrected chi connectivity index (χ1v) is 7.04. The Kier molecular flexibility index (Phi) is 3.93. The van der Waals surface area contributed by atoms with E-state index in [0.717, 1.165) is 31.6 Å². The second-order valence-corrected chi connectivity index (χ2v) is 5.43. The lowest BCUT2D eigenvalue weighted by Crippen LogP contribution is -2.51. The van der Waals surface area contributed by atoms with Gasteiger partial charge in [-0.25, -0.2) is 4.79 Å². The molecule has 2 aliphatic rings. The minimum atomic E-state index is -0.183. The van der Waals surface area contributed by atoms with Crippen LogP contribution < -0.4 is 10.6 Å². The molecule has 0 radical (unpaired) electrons. The van der Waals surface area contributed by atoms with Gasteiger partial charge in [0.2, 0.25) is 0 Å². The molecule has 1 spiro atoms. The maximum absolute atomic E-state index is 11.9. The zero-order valence-corrected chi connectivity index (χ0v) is 11.4. The van der Waals surface area contributed by atoms with Gasteiger partial charge in [0.1, 0.15) is 5.76 Å². The number of furan rings is 1. The summed E-state index contributed by atoms with van der Waals surface area (Å²) in [6, 6.07) is 3.61. The Bertz CT molecular complexity index is 440. The van der Waals surface area contributed by atoms with E-state index in [1.165, 1.54) is 0 Å². The predicted molar refractivity (Wildman–Crippen MR) is 71.2 cm³/mol. The number of amides is 2. The lowest BCUT2D eigenvalue weighted by Gasteiger charge is -2.37. The van der Waals surface area contributed by atoms with Crippen LogP contribution in [-0.4, -0.2) is 37.5 Å². The topological polar surface area (TPSA) is 72.7 Å². The van der Waals surface area contributed by atoms with Crippen LogP contribution in [0.3, 0.4) is 0 Å². The standard InChI is InChI=1S/C14H20N2O4/c17-13(15-9-12-2-1-5-19-12)16-11-3-6-20-14(8-11)4-7-18-10-14/h1-2,5,11H,3-4,6-10H2,(H2,15,16,17)/t11-,14-/m1/s1. The van der Waals surface area contributed by atoms with Gasteiger partial charge in [-0.1, -0.05) is 0 Å². The van der Waals surface area contributed by atoms with E-state index in [-0.39, 0.29) is 17.7 Å². The largest absolute Gasteiger partial charge is 0.467 e. The van der Waals surface area contributed by atoms with E-state index in [0.29, 0.717) is 19.8 Å². The number of nitrogens with one attached hydrogen (secondary N) is 2. The number of ether oxygens (including phenoxy) is 2. The van der Waals surface area contributed by atoms with Crippen molar-refractivity contribution in [2.75, 3.05) is 19.8 Å². The van der Waals surface area contributed by atoms with Crippen molar-refractivity contribution in [1.29, 1.82) is 0 Å². The fourth-order valence-electron chi connectivity index (χ4n) is 2.83. The Morgan fingerprint density at radius 3 is 3.15 bits per heavy atom. The van der Waals surface area contributed by atoms with Gasteiger partial charge in [0.25, 0.3) is 0 Å². The van der Waals surface area contributed by atoms with Crippen LogP contribution in [0.15, 0.2) is 22.8 Å². The lowest BCUT2D eigenvalue weighted by molar-refractivity contribution is -0.0878. The number of rotatable bonds is 3. The van der Waals surface area contributed by atoms with Crippen LogP contribution in [0.4, 0.5) is 4.79 Å². The van der Waals surface area contributed by atoms with Gasteiger partial charge >= 0.3 is 6.03 Å². The highest BCUT2D eigenvalue weighted by atomic mass is 16.6. The van der Waals surface area contributed by atoms with Gasteiger partial charge in [-0.15, -0.1) is 0 Å². The molecule has 6 nitrogen and oxygen atoms in total. The third-order valence-electron chi connectivity index (χ3n) is 3.90. The second kappa shape index (κ2) is 5.85. The molecular formula is C14H20N2O4. The van der Waals surface area contributed by atoms with Crippen molar-refractivity contribution in [3.8, 4) is 0 Å². The second-order valence-electron chi connectivity index (χ2n) is 5.43. The normalized spacial score (nSPS) is 29.5. The Labute approximate surface area is 117 Å². The monoisotopic (exact) mass is 280 g/mol. The van der Waals surface area contributed by atoms with Crippen LogP contribution in [0.5, 0.6) is 0 Å². The van der Waals surface area contributed by atoms with E-state index in [2.05, 4.69) is 10.6 Å². The Hall–Kier alpha value is -1.53. The minimum Gasteiger partial charge on any atom is -0.467 e. The molecule has 0 saturated carbocycles. The van der Waals surface area contributed by atoms with Crippen molar-refractivity contribution in [1.82, 2.24) is 10.6 Å². The van der Waals surface area contributed by atoms with Crippen molar-refractivity contribution >= 4 is 6.03 Å². The molecule has 2 saturated heterocycles. The fourth-order valence-corrected chi connectivity index (χ4v) is 2.83. The van der Waals surface area contributed by atoms with Gasteiger partial charge in [-0.05, 0) is 25.0 Å². The average Bonchev–Trinajstić information content (AvgIpc) is 3.09. The van der Waals surface area contributed by atoms with Crippen molar-refractivity contribution in [3.05, 3.63) is 24.2 Å². The Morgan fingerprint density at radius 2 is 2.40 bits per heavy atom. The first-order chi connectivity index (χ1) is 9.76. The molecule has 0 aromatic carbocycles. The third kappa shape index (κ3) is 3.13. The summed E-state index contributed by atoms with van der Waals surface area (Å²) in [6.07, 6.45) is 4.17. The minimum absolute atomic E-state index is 0.141. The molecule has 0 unspecified atom stereocenters. The van der Waals surface area contributed by atoms with Crippen LogP contribution in [0.2, 0.25) is 0 Å². The summed E-state index contributed by atoms with van der Waals surface area (Å²) in [5, 5.41) is 5.80. The maximum atomic E-state index is 11.9. The van der Waals surface area contributed by atoms with Crippen LogP contribution >= 0.6 is 0 Å². The van der Waals surface area contributed by atoms with Crippen molar-refractivity contribution in [2.24, 2.45) is 0 Å². The van der Waals surface area contributed by atoms with Crippen LogP contribution in [0.25, 0.3) is 0 Å². The van der Waals surface area contributed by atoms with Gasteiger partial charge in [0.15, 0.2) is 0 Å². The quantitative estimate of drug-likeness (QED) is 0.878. The molecule has 110 valence electrons. The highest BCUT2D eigenvalue weighted by molar-refractivity contribution is 5.74. The van der Waals surface area contributed by atoms with E-state index in [1.807, 2.05) is 6.07 Å². The molecule has 2 atom stereocenters. The van der Waals surface area contributed by atoms with E-state index in [1.54, 1.807) is 12.3 Å². The number of carbonyl (C=O) groups excluding carboxylic acids is 1. The molecule has 3 heterocycles. The van der Waals surface area contributed by atoms with Crippen LogP contribution in [0, 0.1) is 0 Å². The first kappa shape index (κ1) is 13.5. The van der Waals surface area contributed by atoms with E-state index >= 15 is 0 Å². The molecule has 2 fully saturated rings. The Morgan fingerprint density at radius 1 is 1.45 bits per heavy atom. The SMILES string of the molecule is O=C(NCc1ccco1)N[C@@H]1CCO[C@]2(CCOC2)C1. The molecule has 3 rings (SSSR count). The molecule has 0 bridgehead atoms. The number of hydrogen-bond acceptors (Lipinski definition) is 4. The number of carbonyl (C=O) groups is 1. The van der Waals surface area contributed by atoms with Gasteiger partial charge in [0, 0.05) is 25.7 Å². The first-order valence-electron chi connectivity index (χ1n) is 7.04. The maximum Gasteiger partial charge on any atom is 0.315 e. The predicted octanol–water partition coefficient (Wildman–Crippen LogP) is 1.42. The fraction of sp³-hybridized carbons (Fsp3) is 0.643. The smallest absolute Gasteiger partial charge is 0.315 e. The molecule has 2 N–H and O–H groups in total. The van der Waals surface area contributed by atoms with E-state index in [4.69, 9.17) is 13.9 Å². The van der Waals surface area contributed by atoms with Gasteiger partial charge < -0.3 is 24.5 Å². The summed E-state index contributed by atoms with van der Waals surface area (Å²) in [7, 11) is 0. The van der Waals surface area contributed by atoms with Gasteiger partial charge in [-0.2, -0.15) is 0 Å². The summed E-state index contributed by atoms with van der Waals surface area (Å²) < 4.78 is 16.4. The number of hydrogen-bond donors (Lipinski definition) is 2. The highest BCUT2D eigenvalue weighted by Crippen LogP contribution is 2.32. The molecule has 1 aromatic heterocycles. The van der Waals surface area contributed by atoms with Crippen molar-refractivity contribution in [3.63, 3.8) is 0 Å². The summed E-state index contributed by atoms with van der Waals surface area (Å²) >= 11 is 0. The lowest BCUT2D eigenvalue weighted by atomic mass is 9.90. The highest BCUT2D eigenvalue weighted by Gasteiger charge is 2.41. The molecule has 20 heavy (non-hydrogen) atoms. The molecule has 2 amide bonds. The van der Waals surface area contributed by atoms with E-state index < -0.39 is 0 Å². The average molecular weight is 280 g/mol. The Balaban J connectivity index is 1.46. The molecule has 6 heteroatoms. The van der Waals surface area contributed by atoms with E-state index in [9.17, 15) is 4.79 Å². The summed E-state index contributed by atoms with van der Waals surface area (Å²) in [6.45, 7) is 2.46. The van der Waals surface area contributed by atoms with Gasteiger partial charge in [0.05, 0.1) is 25.0 Å². The summed E-state index contributed by atoms with van der Waals surface area (Å²) in [5.74, 6) is 0.743. The van der Waals surface area contributed by atoms with Crippen molar-refractivity contribution < 1.29 is 18.7 Å². The zero-order valence-electron chi connectivity index (χ0n) is 11.4. The van der Waals surface area contributed by atoms with Crippen LogP contribution in [0.1, 0.15) is 25.0 Å². The molecule has 2 aliphatic heterocycles. The van der Waals surface area contributed by atoms with Crippen molar-refractivity contribution in [2.45, 2.75) is 37.5 Å². The molecule has 0 aliphatic carbocycles. The van der Waals surface area contributed by atoms with Gasteiger partial charge in [-0.3, -0.25) is 0 Å². The summed E-state index contributed by atoms with van der Waals surface area (Å²) in [5.41, 5.74) is -0.183. The molecular weight excluding hydrogens is 260 g/mol. The van der Waals surface area contributed by atoms with Crippen LogP contribution in [-0.2, 0) is 16.0 Å². The zero-order chi connectivity index (χ0) is 13.8. The number of urea groups is 1. The summed E-state index contributed by atoms with van der Waals surface area (Å²) in [4.78, 5) is 11.9.